The van der Waals surface area contributed by atoms with Crippen LogP contribution in [0.1, 0.15) is 72.1 Å². The van der Waals surface area contributed by atoms with Crippen LogP contribution in [-0.2, 0) is 0 Å². The highest BCUT2D eigenvalue weighted by Crippen LogP contribution is 2.58. The van der Waals surface area contributed by atoms with Gasteiger partial charge in [-0.15, -0.1) is 0 Å². The van der Waals surface area contributed by atoms with Crippen molar-refractivity contribution in [2.75, 3.05) is 0 Å². The van der Waals surface area contributed by atoms with Gasteiger partial charge in [0.1, 0.15) is 0 Å². The predicted molar refractivity (Wildman–Crippen MR) is 73.8 cm³/mol. The molecular weight excluding hydrogens is 204 g/mol. The first-order valence-corrected chi connectivity index (χ1v) is 8.07. The summed E-state index contributed by atoms with van der Waals surface area (Å²) in [4.78, 5) is 0. The summed E-state index contributed by atoms with van der Waals surface area (Å²) in [5.41, 5.74) is 0.554. The van der Waals surface area contributed by atoms with Crippen molar-refractivity contribution in [2.24, 2.45) is 35.0 Å². The molecule has 0 nitrogen and oxygen atoms in total. The molecule has 0 radical (unpaired) electrons. The molecule has 0 aromatic carbocycles. The third-order valence-corrected chi connectivity index (χ3v) is 6.34. The minimum Gasteiger partial charge on any atom is -0.0599 e. The highest BCUT2D eigenvalue weighted by atomic mass is 14.5. The number of hydrogen-bond donors (Lipinski definition) is 0. The molecule has 0 heterocycles. The van der Waals surface area contributed by atoms with Crippen molar-refractivity contribution < 1.29 is 0 Å². The molecule has 0 spiro atoms. The van der Waals surface area contributed by atoms with E-state index in [-0.39, 0.29) is 0 Å². The van der Waals surface area contributed by atoms with Crippen LogP contribution < -0.4 is 0 Å². The zero-order valence-electron chi connectivity index (χ0n) is 12.0. The minimum absolute atomic E-state index is 0.554. The van der Waals surface area contributed by atoms with Crippen LogP contribution >= 0.6 is 0 Å². The molecule has 0 amide bonds. The van der Waals surface area contributed by atoms with E-state index < -0.39 is 0 Å². The van der Waals surface area contributed by atoms with Crippen molar-refractivity contribution in [3.8, 4) is 0 Å². The van der Waals surface area contributed by atoms with Crippen LogP contribution in [0.5, 0.6) is 0 Å². The summed E-state index contributed by atoms with van der Waals surface area (Å²) in [5, 5.41) is 0. The second-order valence-electron chi connectivity index (χ2n) is 8.17. The Hall–Kier alpha value is 0. The van der Waals surface area contributed by atoms with Crippen LogP contribution in [0.25, 0.3) is 0 Å². The lowest BCUT2D eigenvalue weighted by Gasteiger charge is -2.48. The predicted octanol–water partition coefficient (Wildman–Crippen LogP) is 5.28. The van der Waals surface area contributed by atoms with Gasteiger partial charge in [-0.1, -0.05) is 40.0 Å². The first kappa shape index (κ1) is 12.1. The first-order chi connectivity index (χ1) is 8.07. The van der Waals surface area contributed by atoms with E-state index in [1.165, 1.54) is 19.3 Å². The molecule has 0 heteroatoms. The van der Waals surface area contributed by atoms with Crippen LogP contribution in [0.4, 0.5) is 0 Å². The van der Waals surface area contributed by atoms with Crippen LogP contribution in [0.3, 0.4) is 0 Å². The minimum atomic E-state index is 0.554. The SMILES string of the molecule is CC(C)(C)C1CCC2CCC3CCCCC3C21. The Kier molecular flexibility index (Phi) is 3.04. The van der Waals surface area contributed by atoms with Gasteiger partial charge in [0, 0.05) is 0 Å². The maximum Gasteiger partial charge on any atom is -0.0321 e. The van der Waals surface area contributed by atoms with Gasteiger partial charge in [-0.2, -0.15) is 0 Å². The van der Waals surface area contributed by atoms with E-state index in [9.17, 15) is 0 Å². The van der Waals surface area contributed by atoms with Crippen molar-refractivity contribution in [3.63, 3.8) is 0 Å². The molecule has 5 unspecified atom stereocenters. The summed E-state index contributed by atoms with van der Waals surface area (Å²) in [5.74, 6) is 5.48. The lowest BCUT2D eigenvalue weighted by molar-refractivity contribution is 0.0163. The lowest BCUT2D eigenvalue weighted by atomic mass is 9.58. The monoisotopic (exact) mass is 234 g/mol. The highest BCUT2D eigenvalue weighted by molar-refractivity contribution is 4.99. The molecular formula is C17H30. The number of hydrogen-bond acceptors (Lipinski definition) is 0. The molecule has 98 valence electrons. The van der Waals surface area contributed by atoms with Crippen molar-refractivity contribution in [3.05, 3.63) is 0 Å². The average Bonchev–Trinajstić information content (AvgIpc) is 2.72. The Morgan fingerprint density at radius 2 is 1.35 bits per heavy atom. The van der Waals surface area contributed by atoms with Gasteiger partial charge in [0.15, 0.2) is 0 Å². The molecule has 0 aromatic heterocycles. The molecule has 0 bridgehead atoms. The number of rotatable bonds is 0. The Balaban J connectivity index is 1.83. The standard InChI is InChI=1S/C17H30/c1-17(2,3)15-11-10-13-9-8-12-6-4-5-7-14(12)16(13)15/h12-16H,4-11H2,1-3H3. The van der Waals surface area contributed by atoms with Crippen LogP contribution in [0.2, 0.25) is 0 Å². The summed E-state index contributed by atoms with van der Waals surface area (Å²) < 4.78 is 0. The molecule has 0 aliphatic heterocycles. The van der Waals surface area contributed by atoms with E-state index in [1.54, 1.807) is 32.1 Å². The summed E-state index contributed by atoms with van der Waals surface area (Å²) in [7, 11) is 0. The molecule has 5 atom stereocenters. The van der Waals surface area contributed by atoms with Gasteiger partial charge in [0.25, 0.3) is 0 Å². The topological polar surface area (TPSA) is 0 Å². The summed E-state index contributed by atoms with van der Waals surface area (Å²) >= 11 is 0. The number of fused-ring (bicyclic) bond motifs is 3. The zero-order chi connectivity index (χ0) is 12.0. The second kappa shape index (κ2) is 4.28. The third-order valence-electron chi connectivity index (χ3n) is 6.34. The van der Waals surface area contributed by atoms with Crippen LogP contribution in [0.15, 0.2) is 0 Å². The van der Waals surface area contributed by atoms with E-state index in [4.69, 9.17) is 0 Å². The second-order valence-corrected chi connectivity index (χ2v) is 8.17. The largest absolute Gasteiger partial charge is 0.0599 e. The molecule has 17 heavy (non-hydrogen) atoms. The van der Waals surface area contributed by atoms with E-state index in [1.807, 2.05) is 0 Å². The zero-order valence-corrected chi connectivity index (χ0v) is 12.0. The van der Waals surface area contributed by atoms with Gasteiger partial charge in [0.05, 0.1) is 0 Å². The molecule has 3 saturated carbocycles. The summed E-state index contributed by atoms with van der Waals surface area (Å²) in [6.07, 6.45) is 12.4. The van der Waals surface area contributed by atoms with Crippen molar-refractivity contribution in [2.45, 2.75) is 72.1 Å². The van der Waals surface area contributed by atoms with Crippen molar-refractivity contribution in [1.82, 2.24) is 0 Å². The van der Waals surface area contributed by atoms with Crippen molar-refractivity contribution in [1.29, 1.82) is 0 Å². The average molecular weight is 234 g/mol. The maximum atomic E-state index is 2.49. The molecule has 0 aromatic rings. The van der Waals surface area contributed by atoms with Crippen LogP contribution in [0, 0.1) is 35.0 Å². The van der Waals surface area contributed by atoms with E-state index in [0.29, 0.717) is 5.41 Å². The lowest BCUT2D eigenvalue weighted by Crippen LogP contribution is -2.40. The Bertz CT molecular complexity index is 272. The quantitative estimate of drug-likeness (QED) is 0.535. The van der Waals surface area contributed by atoms with E-state index in [2.05, 4.69) is 20.8 Å². The van der Waals surface area contributed by atoms with Gasteiger partial charge in [-0.25, -0.2) is 0 Å². The Labute approximate surface area is 108 Å². The van der Waals surface area contributed by atoms with Gasteiger partial charge in [0.2, 0.25) is 0 Å². The fourth-order valence-corrected chi connectivity index (χ4v) is 5.63. The van der Waals surface area contributed by atoms with Crippen molar-refractivity contribution >= 4 is 0 Å². The van der Waals surface area contributed by atoms with Gasteiger partial charge >= 0.3 is 0 Å². The highest BCUT2D eigenvalue weighted by Gasteiger charge is 2.49. The van der Waals surface area contributed by atoms with Gasteiger partial charge < -0.3 is 0 Å². The molecule has 3 aliphatic carbocycles. The third kappa shape index (κ3) is 2.06. The normalized spacial score (nSPS) is 46.4. The molecule has 0 saturated heterocycles. The van der Waals surface area contributed by atoms with Gasteiger partial charge in [-0.3, -0.25) is 0 Å². The molecule has 3 rings (SSSR count). The summed E-state index contributed by atoms with van der Waals surface area (Å²) in [6.45, 7) is 7.48. The summed E-state index contributed by atoms with van der Waals surface area (Å²) in [6, 6.07) is 0. The van der Waals surface area contributed by atoms with Crippen LogP contribution in [-0.4, -0.2) is 0 Å². The molecule has 3 fully saturated rings. The fraction of sp³-hybridized carbons (Fsp3) is 1.00. The Morgan fingerprint density at radius 3 is 2.12 bits per heavy atom. The van der Waals surface area contributed by atoms with E-state index in [0.717, 1.165) is 29.6 Å². The van der Waals surface area contributed by atoms with E-state index >= 15 is 0 Å². The van der Waals surface area contributed by atoms with Gasteiger partial charge in [-0.05, 0) is 67.1 Å². The molecule has 3 aliphatic rings. The maximum absolute atomic E-state index is 2.49. The smallest absolute Gasteiger partial charge is 0.0321 e. The molecule has 0 N–H and O–H groups in total. The Morgan fingerprint density at radius 1 is 0.706 bits per heavy atom. The first-order valence-electron chi connectivity index (χ1n) is 8.07. The fourth-order valence-electron chi connectivity index (χ4n) is 5.63.